The van der Waals surface area contributed by atoms with Gasteiger partial charge in [-0.3, -0.25) is 10.1 Å². The van der Waals surface area contributed by atoms with Crippen LogP contribution in [0.5, 0.6) is 0 Å². The maximum absolute atomic E-state index is 12.1. The van der Waals surface area contributed by atoms with Gasteiger partial charge in [0.1, 0.15) is 6.17 Å². The third-order valence-corrected chi connectivity index (χ3v) is 2.98. The zero-order valence-corrected chi connectivity index (χ0v) is 11.3. The summed E-state index contributed by atoms with van der Waals surface area (Å²) in [5.74, 6) is -0.832. The van der Waals surface area contributed by atoms with Gasteiger partial charge < -0.3 is 10.1 Å². The van der Waals surface area contributed by atoms with Crippen LogP contribution in [0, 0.1) is 0 Å². The summed E-state index contributed by atoms with van der Waals surface area (Å²) in [6, 6.07) is 0. The van der Waals surface area contributed by atoms with E-state index < -0.39 is 22.5 Å². The van der Waals surface area contributed by atoms with Crippen molar-refractivity contribution in [2.24, 2.45) is 0 Å². The molecule has 8 heteroatoms. The highest BCUT2D eigenvalue weighted by Gasteiger charge is 2.34. The van der Waals surface area contributed by atoms with Gasteiger partial charge in [-0.1, -0.05) is 34.8 Å². The lowest BCUT2D eigenvalue weighted by atomic mass is 10.2. The largest absolute Gasteiger partial charge is 0.377 e. The first-order chi connectivity index (χ1) is 7.93. The van der Waals surface area contributed by atoms with Gasteiger partial charge in [0.15, 0.2) is 6.67 Å². The minimum absolute atomic E-state index is 0.0344. The van der Waals surface area contributed by atoms with Gasteiger partial charge in [-0.15, -0.1) is 0 Å². The Hall–Kier alpha value is 0.190. The van der Waals surface area contributed by atoms with Gasteiger partial charge in [-0.25, -0.2) is 4.39 Å². The van der Waals surface area contributed by atoms with Crippen LogP contribution in [-0.4, -0.2) is 41.8 Å². The summed E-state index contributed by atoms with van der Waals surface area (Å²) in [5.41, 5.74) is 0. The van der Waals surface area contributed by atoms with Crippen molar-refractivity contribution >= 4 is 40.7 Å². The fraction of sp³-hybridized carbons (Fsp3) is 0.889. The summed E-state index contributed by atoms with van der Waals surface area (Å²) in [5, 5.41) is 5.10. The standard InChI is InChI=1S/C9H14Cl3FN2O2/c10-9(11,12)8(15-7(16)4-13)14-5-6-2-1-3-17-6/h6,8,14H,1-5H2,(H,15,16)/t6-,8+/m1/s1. The van der Waals surface area contributed by atoms with E-state index >= 15 is 0 Å². The molecule has 0 aromatic heterocycles. The van der Waals surface area contributed by atoms with Crippen molar-refractivity contribution in [2.45, 2.75) is 28.9 Å². The highest BCUT2D eigenvalue weighted by atomic mass is 35.6. The maximum atomic E-state index is 12.1. The van der Waals surface area contributed by atoms with Crippen LogP contribution in [0.25, 0.3) is 0 Å². The third-order valence-electron chi connectivity index (χ3n) is 2.33. The van der Waals surface area contributed by atoms with E-state index in [-0.39, 0.29) is 6.10 Å². The van der Waals surface area contributed by atoms with E-state index in [1.165, 1.54) is 0 Å². The van der Waals surface area contributed by atoms with E-state index in [1.807, 2.05) is 0 Å². The summed E-state index contributed by atoms with van der Waals surface area (Å²) in [6.07, 6.45) is 0.991. The number of hydrogen-bond acceptors (Lipinski definition) is 3. The Balaban J connectivity index is 2.42. The van der Waals surface area contributed by atoms with E-state index in [4.69, 9.17) is 39.5 Å². The molecule has 0 aliphatic carbocycles. The van der Waals surface area contributed by atoms with Crippen LogP contribution in [0.2, 0.25) is 0 Å². The first kappa shape index (κ1) is 15.2. The number of alkyl halides is 4. The molecule has 2 N–H and O–H groups in total. The molecular weight excluding hydrogens is 293 g/mol. The van der Waals surface area contributed by atoms with Crippen molar-refractivity contribution in [2.75, 3.05) is 19.8 Å². The van der Waals surface area contributed by atoms with Crippen molar-refractivity contribution < 1.29 is 13.9 Å². The number of ether oxygens (including phenoxy) is 1. The molecule has 0 bridgehead atoms. The van der Waals surface area contributed by atoms with Crippen molar-refractivity contribution in [1.82, 2.24) is 10.6 Å². The quantitative estimate of drug-likeness (QED) is 0.598. The average molecular weight is 308 g/mol. The molecule has 0 spiro atoms. The SMILES string of the molecule is O=C(CF)N[C@H](NC[C@H]1CCCO1)C(Cl)(Cl)Cl. The van der Waals surface area contributed by atoms with Crippen molar-refractivity contribution in [1.29, 1.82) is 0 Å². The van der Waals surface area contributed by atoms with Crippen LogP contribution in [0.15, 0.2) is 0 Å². The number of rotatable bonds is 5. The lowest BCUT2D eigenvalue weighted by molar-refractivity contribution is -0.122. The van der Waals surface area contributed by atoms with E-state index in [2.05, 4.69) is 10.6 Å². The number of carbonyl (C=O) groups is 1. The normalized spacial score (nSPS) is 22.5. The monoisotopic (exact) mass is 306 g/mol. The topological polar surface area (TPSA) is 50.4 Å². The fourth-order valence-corrected chi connectivity index (χ4v) is 1.90. The molecule has 1 rings (SSSR count). The molecule has 17 heavy (non-hydrogen) atoms. The number of nitrogens with one attached hydrogen (secondary N) is 2. The molecule has 1 heterocycles. The summed E-state index contributed by atoms with van der Waals surface area (Å²) in [4.78, 5) is 10.9. The Morgan fingerprint density at radius 1 is 1.53 bits per heavy atom. The molecule has 0 unspecified atom stereocenters. The Labute approximate surface area is 114 Å². The van der Waals surface area contributed by atoms with E-state index in [0.717, 1.165) is 12.8 Å². The molecule has 1 amide bonds. The molecule has 1 aliphatic rings. The zero-order chi connectivity index (χ0) is 12.9. The van der Waals surface area contributed by atoms with E-state index in [1.54, 1.807) is 0 Å². The predicted octanol–water partition coefficient (Wildman–Crippen LogP) is 1.54. The second-order valence-electron chi connectivity index (χ2n) is 3.72. The van der Waals surface area contributed by atoms with Gasteiger partial charge in [0, 0.05) is 13.2 Å². The van der Waals surface area contributed by atoms with Crippen molar-refractivity contribution in [3.8, 4) is 0 Å². The van der Waals surface area contributed by atoms with Crippen LogP contribution in [0.3, 0.4) is 0 Å². The lowest BCUT2D eigenvalue weighted by Crippen LogP contribution is -2.55. The van der Waals surface area contributed by atoms with Crippen molar-refractivity contribution in [3.05, 3.63) is 0 Å². The Morgan fingerprint density at radius 2 is 2.24 bits per heavy atom. The van der Waals surface area contributed by atoms with Gasteiger partial charge in [0.05, 0.1) is 6.10 Å². The van der Waals surface area contributed by atoms with Crippen LogP contribution < -0.4 is 10.6 Å². The zero-order valence-electron chi connectivity index (χ0n) is 9.02. The predicted molar refractivity (Wildman–Crippen MR) is 65.2 cm³/mol. The minimum Gasteiger partial charge on any atom is -0.377 e. The summed E-state index contributed by atoms with van der Waals surface area (Å²) in [7, 11) is 0. The van der Waals surface area contributed by atoms with Crippen LogP contribution in [0.4, 0.5) is 4.39 Å². The molecule has 1 saturated heterocycles. The molecule has 1 fully saturated rings. The lowest BCUT2D eigenvalue weighted by Gasteiger charge is -2.27. The summed E-state index contributed by atoms with van der Waals surface area (Å²) >= 11 is 17.0. The van der Waals surface area contributed by atoms with Gasteiger partial charge in [0.2, 0.25) is 3.79 Å². The van der Waals surface area contributed by atoms with Gasteiger partial charge in [-0.05, 0) is 12.8 Å². The minimum atomic E-state index is -1.75. The maximum Gasteiger partial charge on any atom is 0.252 e. The summed E-state index contributed by atoms with van der Waals surface area (Å²) < 4.78 is 15.7. The Morgan fingerprint density at radius 3 is 2.71 bits per heavy atom. The Kier molecular flexibility index (Phi) is 6.23. The molecule has 100 valence electrons. The van der Waals surface area contributed by atoms with Gasteiger partial charge in [0.25, 0.3) is 5.91 Å². The Bertz CT molecular complexity index is 257. The average Bonchev–Trinajstić information content (AvgIpc) is 2.74. The molecule has 0 aromatic rings. The smallest absolute Gasteiger partial charge is 0.252 e. The molecule has 0 aromatic carbocycles. The summed E-state index contributed by atoms with van der Waals surface area (Å²) in [6.45, 7) is -0.00832. The molecule has 0 radical (unpaired) electrons. The van der Waals surface area contributed by atoms with Crippen LogP contribution in [0.1, 0.15) is 12.8 Å². The molecule has 4 nitrogen and oxygen atoms in total. The first-order valence-electron chi connectivity index (χ1n) is 5.20. The number of halogens is 4. The highest BCUT2D eigenvalue weighted by Crippen LogP contribution is 2.29. The number of carbonyl (C=O) groups excluding carboxylic acids is 1. The fourth-order valence-electron chi connectivity index (χ4n) is 1.50. The second-order valence-corrected chi connectivity index (χ2v) is 6.09. The third kappa shape index (κ3) is 5.57. The van der Waals surface area contributed by atoms with Gasteiger partial charge >= 0.3 is 0 Å². The van der Waals surface area contributed by atoms with Gasteiger partial charge in [-0.2, -0.15) is 0 Å². The molecule has 2 atom stereocenters. The van der Waals surface area contributed by atoms with Crippen LogP contribution >= 0.6 is 34.8 Å². The molecular formula is C9H14Cl3FN2O2. The molecule has 0 saturated carbocycles. The number of hydrogen-bond donors (Lipinski definition) is 2. The first-order valence-corrected chi connectivity index (χ1v) is 6.34. The highest BCUT2D eigenvalue weighted by molar-refractivity contribution is 6.68. The number of amides is 1. The van der Waals surface area contributed by atoms with E-state index in [9.17, 15) is 9.18 Å². The molecule has 1 aliphatic heterocycles. The second kappa shape index (κ2) is 6.95. The van der Waals surface area contributed by atoms with Crippen molar-refractivity contribution in [3.63, 3.8) is 0 Å². The van der Waals surface area contributed by atoms with Crippen LogP contribution in [-0.2, 0) is 9.53 Å². The van der Waals surface area contributed by atoms with E-state index in [0.29, 0.717) is 13.2 Å².